The van der Waals surface area contributed by atoms with Gasteiger partial charge in [0.25, 0.3) is 0 Å². The summed E-state index contributed by atoms with van der Waals surface area (Å²) in [7, 11) is 2.02. The van der Waals surface area contributed by atoms with Gasteiger partial charge in [0.05, 0.1) is 0 Å². The summed E-state index contributed by atoms with van der Waals surface area (Å²) < 4.78 is 13.2. The second-order valence-corrected chi connectivity index (χ2v) is 5.25. The van der Waals surface area contributed by atoms with Gasteiger partial charge >= 0.3 is 0 Å². The highest BCUT2D eigenvalue weighted by atomic mass is 19.1. The third-order valence-electron chi connectivity index (χ3n) is 4.00. The number of benzene rings is 1. The molecule has 2 atom stereocenters. The second kappa shape index (κ2) is 4.17. The first-order chi connectivity index (χ1) is 7.55. The summed E-state index contributed by atoms with van der Waals surface area (Å²) in [6.07, 6.45) is 3.54. The molecule has 2 unspecified atom stereocenters. The van der Waals surface area contributed by atoms with Gasteiger partial charge in [-0.25, -0.2) is 4.39 Å². The molecular formula is C14H20FN. The second-order valence-electron chi connectivity index (χ2n) is 5.25. The van der Waals surface area contributed by atoms with Gasteiger partial charge in [-0.3, -0.25) is 0 Å². The molecule has 0 radical (unpaired) electrons. The summed E-state index contributed by atoms with van der Waals surface area (Å²) in [4.78, 5) is 0. The van der Waals surface area contributed by atoms with Crippen molar-refractivity contribution >= 4 is 0 Å². The van der Waals surface area contributed by atoms with E-state index in [9.17, 15) is 4.39 Å². The van der Waals surface area contributed by atoms with Gasteiger partial charge in [0, 0.05) is 6.04 Å². The molecule has 0 spiro atoms. The summed E-state index contributed by atoms with van der Waals surface area (Å²) >= 11 is 0. The predicted octanol–water partition coefficient (Wildman–Crippen LogP) is 3.16. The molecule has 16 heavy (non-hydrogen) atoms. The van der Waals surface area contributed by atoms with E-state index >= 15 is 0 Å². The van der Waals surface area contributed by atoms with Crippen molar-refractivity contribution in [1.82, 2.24) is 5.32 Å². The zero-order valence-corrected chi connectivity index (χ0v) is 10.3. The molecule has 1 aromatic rings. The quantitative estimate of drug-likeness (QED) is 0.809. The smallest absolute Gasteiger partial charge is 0.126 e. The van der Waals surface area contributed by atoms with Gasteiger partial charge in [-0.1, -0.05) is 19.1 Å². The summed E-state index contributed by atoms with van der Waals surface area (Å²) in [5.41, 5.74) is 2.25. The fraction of sp³-hybridized carbons (Fsp3) is 0.571. The Bertz CT molecular complexity index is 388. The fourth-order valence-electron chi connectivity index (χ4n) is 2.77. The van der Waals surface area contributed by atoms with E-state index in [2.05, 4.69) is 12.2 Å². The highest BCUT2D eigenvalue weighted by Gasteiger charge is 2.35. The summed E-state index contributed by atoms with van der Waals surface area (Å²) in [5, 5.41) is 3.34. The maximum Gasteiger partial charge on any atom is 0.126 e. The van der Waals surface area contributed by atoms with Crippen molar-refractivity contribution < 1.29 is 4.39 Å². The van der Waals surface area contributed by atoms with Crippen LogP contribution in [0.3, 0.4) is 0 Å². The Balaban J connectivity index is 2.27. The van der Waals surface area contributed by atoms with E-state index in [1.165, 1.54) is 18.4 Å². The predicted molar refractivity (Wildman–Crippen MR) is 65.2 cm³/mol. The average molecular weight is 221 g/mol. The molecule has 1 saturated carbocycles. The molecule has 1 aromatic carbocycles. The van der Waals surface area contributed by atoms with Crippen molar-refractivity contribution in [1.29, 1.82) is 0 Å². The maximum atomic E-state index is 13.2. The summed E-state index contributed by atoms with van der Waals surface area (Å²) in [6, 6.07) is 6.16. The van der Waals surface area contributed by atoms with Gasteiger partial charge in [-0.05, 0) is 55.8 Å². The number of rotatable bonds is 2. The molecule has 0 saturated heterocycles. The zero-order chi connectivity index (χ0) is 11.8. The van der Waals surface area contributed by atoms with Crippen LogP contribution in [0.15, 0.2) is 18.2 Å². The third kappa shape index (κ3) is 1.99. The van der Waals surface area contributed by atoms with Crippen LogP contribution in [-0.4, -0.2) is 13.1 Å². The van der Waals surface area contributed by atoms with Crippen LogP contribution in [0, 0.1) is 12.7 Å². The molecule has 1 aliphatic carbocycles. The molecule has 0 amide bonds. The van der Waals surface area contributed by atoms with Crippen molar-refractivity contribution in [2.24, 2.45) is 0 Å². The van der Waals surface area contributed by atoms with Gasteiger partial charge in [0.15, 0.2) is 0 Å². The van der Waals surface area contributed by atoms with Crippen molar-refractivity contribution in [3.8, 4) is 0 Å². The lowest BCUT2D eigenvalue weighted by Crippen LogP contribution is -2.25. The van der Waals surface area contributed by atoms with Gasteiger partial charge < -0.3 is 5.32 Å². The highest BCUT2D eigenvalue weighted by molar-refractivity contribution is 5.31. The first kappa shape index (κ1) is 11.6. The van der Waals surface area contributed by atoms with Crippen LogP contribution in [0.4, 0.5) is 4.39 Å². The van der Waals surface area contributed by atoms with E-state index in [4.69, 9.17) is 0 Å². The monoisotopic (exact) mass is 221 g/mol. The van der Waals surface area contributed by atoms with Gasteiger partial charge in [-0.15, -0.1) is 0 Å². The third-order valence-corrected chi connectivity index (χ3v) is 4.00. The Morgan fingerprint density at radius 3 is 2.75 bits per heavy atom. The molecule has 2 heteroatoms. The topological polar surface area (TPSA) is 12.0 Å². The van der Waals surface area contributed by atoms with Gasteiger partial charge in [0.2, 0.25) is 0 Å². The lowest BCUT2D eigenvalue weighted by atomic mass is 9.80. The standard InChI is InChI=1S/C14H20FN/c1-10-8-11(4-5-13(10)15)14(2)7-6-12(9-14)16-3/h4-5,8,12,16H,6-7,9H2,1-3H3. The number of hydrogen-bond donors (Lipinski definition) is 1. The minimum absolute atomic E-state index is 0.101. The van der Waals surface area contributed by atoms with Crippen molar-refractivity contribution in [3.05, 3.63) is 35.1 Å². The van der Waals surface area contributed by atoms with E-state index in [0.717, 1.165) is 12.0 Å². The van der Waals surface area contributed by atoms with E-state index in [-0.39, 0.29) is 11.2 Å². The molecule has 0 aliphatic heterocycles. The average Bonchev–Trinajstić information content (AvgIpc) is 2.66. The minimum atomic E-state index is -0.101. The number of aryl methyl sites for hydroxylation is 1. The van der Waals surface area contributed by atoms with Crippen molar-refractivity contribution in [2.45, 2.75) is 44.6 Å². The molecule has 0 bridgehead atoms. The SMILES string of the molecule is CNC1CCC(C)(c2ccc(F)c(C)c2)C1. The van der Waals surface area contributed by atoms with E-state index in [1.807, 2.05) is 26.1 Å². The lowest BCUT2D eigenvalue weighted by molar-refractivity contribution is 0.465. The van der Waals surface area contributed by atoms with Crippen LogP contribution in [0.2, 0.25) is 0 Å². The number of nitrogens with one attached hydrogen (secondary N) is 1. The van der Waals surface area contributed by atoms with Crippen LogP contribution in [0.5, 0.6) is 0 Å². The Morgan fingerprint density at radius 2 is 2.19 bits per heavy atom. The molecule has 0 aromatic heterocycles. The van der Waals surface area contributed by atoms with Crippen LogP contribution in [0.1, 0.15) is 37.3 Å². The molecule has 1 nitrogen and oxygen atoms in total. The van der Waals surface area contributed by atoms with Crippen molar-refractivity contribution in [3.63, 3.8) is 0 Å². The van der Waals surface area contributed by atoms with Crippen molar-refractivity contribution in [2.75, 3.05) is 7.05 Å². The molecule has 1 aliphatic rings. The molecule has 0 heterocycles. The van der Waals surface area contributed by atoms with Crippen LogP contribution < -0.4 is 5.32 Å². The van der Waals surface area contributed by atoms with E-state index in [0.29, 0.717) is 6.04 Å². The van der Waals surface area contributed by atoms with Crippen LogP contribution >= 0.6 is 0 Å². The lowest BCUT2D eigenvalue weighted by Gasteiger charge is -2.25. The molecule has 1 fully saturated rings. The largest absolute Gasteiger partial charge is 0.317 e. The number of halogens is 1. The normalized spacial score (nSPS) is 29.6. The van der Waals surface area contributed by atoms with E-state index in [1.54, 1.807) is 6.07 Å². The Labute approximate surface area is 97.1 Å². The zero-order valence-electron chi connectivity index (χ0n) is 10.3. The molecule has 1 N–H and O–H groups in total. The Kier molecular flexibility index (Phi) is 3.02. The molecule has 2 rings (SSSR count). The Morgan fingerprint density at radius 1 is 1.44 bits per heavy atom. The first-order valence-electron chi connectivity index (χ1n) is 5.99. The maximum absolute atomic E-state index is 13.2. The molecular weight excluding hydrogens is 201 g/mol. The van der Waals surface area contributed by atoms with Gasteiger partial charge in [-0.2, -0.15) is 0 Å². The summed E-state index contributed by atoms with van der Waals surface area (Å²) in [6.45, 7) is 4.13. The van der Waals surface area contributed by atoms with Gasteiger partial charge in [0.1, 0.15) is 5.82 Å². The fourth-order valence-corrected chi connectivity index (χ4v) is 2.77. The van der Waals surface area contributed by atoms with Crippen LogP contribution in [0.25, 0.3) is 0 Å². The van der Waals surface area contributed by atoms with Crippen LogP contribution in [-0.2, 0) is 5.41 Å². The Hall–Kier alpha value is -0.890. The summed E-state index contributed by atoms with van der Waals surface area (Å²) in [5.74, 6) is -0.101. The first-order valence-corrected chi connectivity index (χ1v) is 5.99. The molecule has 88 valence electrons. The van der Waals surface area contributed by atoms with E-state index < -0.39 is 0 Å². The number of hydrogen-bond acceptors (Lipinski definition) is 1. The minimum Gasteiger partial charge on any atom is -0.317 e. The highest BCUT2D eigenvalue weighted by Crippen LogP contribution is 2.41.